The zero-order chi connectivity index (χ0) is 14.9. The fourth-order valence-electron chi connectivity index (χ4n) is 2.15. The Balaban J connectivity index is 2.64. The minimum Gasteiger partial charge on any atom is -0.496 e. The summed E-state index contributed by atoms with van der Waals surface area (Å²) < 4.78 is 20.2. The molecule has 106 valence electrons. The largest absolute Gasteiger partial charge is 0.496 e. The Hall–Kier alpha value is -1.10. The van der Waals surface area contributed by atoms with Crippen molar-refractivity contribution in [1.29, 1.82) is 0 Å². The van der Waals surface area contributed by atoms with Crippen molar-refractivity contribution in [1.82, 2.24) is 0 Å². The predicted molar refractivity (Wildman–Crippen MR) is 82.7 cm³/mol. The van der Waals surface area contributed by atoms with E-state index < -0.39 is 11.4 Å². The summed E-state index contributed by atoms with van der Waals surface area (Å²) in [5.41, 5.74) is 6.32. The monoisotopic (exact) mass is 357 g/mol. The van der Waals surface area contributed by atoms with Crippen LogP contribution < -0.4 is 10.5 Å². The van der Waals surface area contributed by atoms with E-state index in [1.54, 1.807) is 32.2 Å². The first-order chi connectivity index (χ1) is 9.39. The van der Waals surface area contributed by atoms with Gasteiger partial charge in [-0.05, 0) is 35.0 Å². The summed E-state index contributed by atoms with van der Waals surface area (Å²) >= 11 is 9.14. The summed E-state index contributed by atoms with van der Waals surface area (Å²) in [7, 11) is 1.56. The molecule has 0 aliphatic heterocycles. The van der Waals surface area contributed by atoms with Gasteiger partial charge in [-0.1, -0.05) is 35.9 Å². The summed E-state index contributed by atoms with van der Waals surface area (Å²) in [5.74, 6) is 0.0767. The van der Waals surface area contributed by atoms with Crippen molar-refractivity contribution in [3.05, 3.63) is 62.8 Å². The molecule has 0 amide bonds. The number of nitrogens with two attached hydrogens (primary N) is 1. The highest BCUT2D eigenvalue weighted by atomic mass is 79.9. The maximum atomic E-state index is 14.4. The summed E-state index contributed by atoms with van der Waals surface area (Å²) in [5, 5.41) is 0.0223. The molecule has 0 radical (unpaired) electrons. The van der Waals surface area contributed by atoms with Crippen molar-refractivity contribution in [2.75, 3.05) is 7.11 Å². The Kier molecular flexibility index (Phi) is 4.37. The molecule has 2 rings (SSSR count). The summed E-state index contributed by atoms with van der Waals surface area (Å²) in [6, 6.07) is 10.6. The molecule has 0 fully saturated rings. The average Bonchev–Trinajstić information content (AvgIpc) is 2.44. The van der Waals surface area contributed by atoms with E-state index in [0.717, 1.165) is 0 Å². The lowest BCUT2D eigenvalue weighted by Crippen LogP contribution is -2.35. The molecule has 5 heteroatoms. The highest BCUT2D eigenvalue weighted by Crippen LogP contribution is 2.38. The molecule has 2 nitrogen and oxygen atoms in total. The summed E-state index contributed by atoms with van der Waals surface area (Å²) in [4.78, 5) is 0. The zero-order valence-corrected chi connectivity index (χ0v) is 13.4. The number of halogens is 3. The fourth-order valence-corrected chi connectivity index (χ4v) is 2.62. The number of benzene rings is 2. The van der Waals surface area contributed by atoms with Crippen LogP contribution in [0.1, 0.15) is 18.1 Å². The van der Waals surface area contributed by atoms with E-state index in [1.165, 1.54) is 0 Å². The van der Waals surface area contributed by atoms with E-state index >= 15 is 0 Å². The van der Waals surface area contributed by atoms with Crippen LogP contribution in [0.4, 0.5) is 4.39 Å². The number of methoxy groups -OCH3 is 1. The van der Waals surface area contributed by atoms with Gasteiger partial charge >= 0.3 is 0 Å². The zero-order valence-electron chi connectivity index (χ0n) is 11.1. The Morgan fingerprint density at radius 1 is 1.20 bits per heavy atom. The molecule has 1 unspecified atom stereocenters. The molecule has 0 saturated heterocycles. The maximum absolute atomic E-state index is 14.4. The second kappa shape index (κ2) is 5.72. The van der Waals surface area contributed by atoms with Crippen LogP contribution in [0.3, 0.4) is 0 Å². The SMILES string of the molecule is COc1ccccc1C(C)(N)c1ccc(Br)c(Cl)c1F. The molecule has 2 aromatic rings. The van der Waals surface area contributed by atoms with Gasteiger partial charge in [0.25, 0.3) is 0 Å². The number of rotatable bonds is 3. The second-order valence-corrected chi connectivity index (χ2v) is 5.86. The third-order valence-corrected chi connectivity index (χ3v) is 4.52. The van der Waals surface area contributed by atoms with Gasteiger partial charge in [0.15, 0.2) is 0 Å². The van der Waals surface area contributed by atoms with Gasteiger partial charge in [0.2, 0.25) is 0 Å². The molecule has 0 spiro atoms. The third kappa shape index (κ3) is 2.55. The van der Waals surface area contributed by atoms with Crippen LogP contribution in [0.5, 0.6) is 5.75 Å². The van der Waals surface area contributed by atoms with Gasteiger partial charge in [-0.3, -0.25) is 0 Å². The molecule has 0 saturated carbocycles. The van der Waals surface area contributed by atoms with Gasteiger partial charge in [0.1, 0.15) is 11.6 Å². The van der Waals surface area contributed by atoms with Gasteiger partial charge in [-0.25, -0.2) is 4.39 Å². The molecule has 0 heterocycles. The number of ether oxygens (including phenoxy) is 1. The van der Waals surface area contributed by atoms with Crippen molar-refractivity contribution in [2.24, 2.45) is 5.73 Å². The van der Waals surface area contributed by atoms with Crippen LogP contribution in [-0.4, -0.2) is 7.11 Å². The first kappa shape index (κ1) is 15.3. The van der Waals surface area contributed by atoms with Gasteiger partial charge < -0.3 is 10.5 Å². The minimum atomic E-state index is -1.05. The molecule has 0 aliphatic carbocycles. The lowest BCUT2D eigenvalue weighted by Gasteiger charge is -2.28. The molecule has 2 N–H and O–H groups in total. The number of hydrogen-bond acceptors (Lipinski definition) is 2. The van der Waals surface area contributed by atoms with Crippen molar-refractivity contribution < 1.29 is 9.13 Å². The van der Waals surface area contributed by atoms with Crippen LogP contribution in [0, 0.1) is 5.82 Å². The Labute approximate surface area is 130 Å². The van der Waals surface area contributed by atoms with Crippen molar-refractivity contribution in [3.8, 4) is 5.75 Å². The smallest absolute Gasteiger partial charge is 0.148 e. The predicted octanol–water partition coefficient (Wildman–Crippen LogP) is 4.47. The van der Waals surface area contributed by atoms with Gasteiger partial charge in [0.05, 0.1) is 17.7 Å². The van der Waals surface area contributed by atoms with E-state index in [0.29, 0.717) is 21.3 Å². The minimum absolute atomic E-state index is 0.0223. The Morgan fingerprint density at radius 2 is 1.85 bits per heavy atom. The Bertz CT molecular complexity index is 646. The van der Waals surface area contributed by atoms with Crippen LogP contribution in [0.15, 0.2) is 40.9 Å². The van der Waals surface area contributed by atoms with Crippen LogP contribution in [-0.2, 0) is 5.54 Å². The van der Waals surface area contributed by atoms with Crippen molar-refractivity contribution in [3.63, 3.8) is 0 Å². The lowest BCUT2D eigenvalue weighted by atomic mass is 9.84. The van der Waals surface area contributed by atoms with E-state index in [2.05, 4.69) is 15.9 Å². The topological polar surface area (TPSA) is 35.2 Å². The average molecular weight is 359 g/mol. The summed E-state index contributed by atoms with van der Waals surface area (Å²) in [6.45, 7) is 1.73. The van der Waals surface area contributed by atoms with Crippen LogP contribution in [0.2, 0.25) is 5.02 Å². The molecular formula is C15H14BrClFNO. The fraction of sp³-hybridized carbons (Fsp3) is 0.200. The first-order valence-electron chi connectivity index (χ1n) is 5.96. The standard InChI is InChI=1S/C15H14BrClFNO/c1-15(19,9-5-3-4-6-12(9)20-2)10-7-8-11(16)13(17)14(10)18/h3-8H,19H2,1-2H3. The van der Waals surface area contributed by atoms with Crippen LogP contribution in [0.25, 0.3) is 0 Å². The third-order valence-electron chi connectivity index (χ3n) is 3.26. The van der Waals surface area contributed by atoms with Gasteiger partial charge in [-0.2, -0.15) is 0 Å². The molecule has 20 heavy (non-hydrogen) atoms. The van der Waals surface area contributed by atoms with E-state index in [4.69, 9.17) is 22.1 Å². The lowest BCUT2D eigenvalue weighted by molar-refractivity contribution is 0.396. The normalized spacial score (nSPS) is 13.9. The quantitative estimate of drug-likeness (QED) is 0.822. The number of hydrogen-bond donors (Lipinski definition) is 1. The van der Waals surface area contributed by atoms with Gasteiger partial charge in [0, 0.05) is 15.6 Å². The van der Waals surface area contributed by atoms with E-state index in [-0.39, 0.29) is 5.02 Å². The van der Waals surface area contributed by atoms with Crippen molar-refractivity contribution >= 4 is 27.5 Å². The Morgan fingerprint density at radius 3 is 2.50 bits per heavy atom. The molecule has 0 aliphatic rings. The maximum Gasteiger partial charge on any atom is 0.148 e. The highest BCUT2D eigenvalue weighted by molar-refractivity contribution is 9.10. The summed E-state index contributed by atoms with van der Waals surface area (Å²) in [6.07, 6.45) is 0. The molecule has 0 aromatic heterocycles. The van der Waals surface area contributed by atoms with Crippen molar-refractivity contribution in [2.45, 2.75) is 12.5 Å². The molecular weight excluding hydrogens is 345 g/mol. The van der Waals surface area contributed by atoms with Crippen LogP contribution >= 0.6 is 27.5 Å². The first-order valence-corrected chi connectivity index (χ1v) is 7.13. The van der Waals surface area contributed by atoms with Gasteiger partial charge in [-0.15, -0.1) is 0 Å². The second-order valence-electron chi connectivity index (χ2n) is 4.63. The highest BCUT2D eigenvalue weighted by Gasteiger charge is 2.31. The van der Waals surface area contributed by atoms with E-state index in [1.807, 2.05) is 18.2 Å². The number of para-hydroxylation sites is 1. The molecule has 0 bridgehead atoms. The van der Waals surface area contributed by atoms with E-state index in [9.17, 15) is 4.39 Å². The molecule has 1 atom stereocenters. The molecule has 2 aromatic carbocycles.